The molecule has 0 spiro atoms. The Morgan fingerprint density at radius 1 is 0.762 bits per heavy atom. The molecule has 0 bridgehead atoms. The predicted octanol–water partition coefficient (Wildman–Crippen LogP) is 5.47. The van der Waals surface area contributed by atoms with Crippen LogP contribution in [0.2, 0.25) is 0 Å². The molecule has 102 valence electrons. The molecule has 0 unspecified atom stereocenters. The molecule has 1 heterocycles. The summed E-state index contributed by atoms with van der Waals surface area (Å²) >= 11 is 0. The first-order valence-electron chi connectivity index (χ1n) is 6.74. The van der Waals surface area contributed by atoms with Crippen molar-refractivity contribution in [3.63, 3.8) is 0 Å². The van der Waals surface area contributed by atoms with Gasteiger partial charge in [0.25, 0.3) is 0 Å². The number of hydrogen-bond donors (Lipinski definition) is 1. The highest BCUT2D eigenvalue weighted by Crippen LogP contribution is 2.34. The largest absolute Gasteiger partial charge is 0.454 e. The van der Waals surface area contributed by atoms with Crippen molar-refractivity contribution in [3.8, 4) is 0 Å². The molecule has 0 aliphatic heterocycles. The molecule has 0 amide bonds. The number of nitrogens with one attached hydrogen (secondary N) is 1. The van der Waals surface area contributed by atoms with Crippen molar-refractivity contribution in [1.29, 1.82) is 0 Å². The zero-order valence-corrected chi connectivity index (χ0v) is 11.1. The topological polar surface area (TPSA) is 25.2 Å². The molecule has 0 aliphatic rings. The Bertz CT molecular complexity index is 925. The lowest BCUT2D eigenvalue weighted by atomic mass is 10.1. The number of hydrogen-bond acceptors (Lipinski definition) is 2. The van der Waals surface area contributed by atoms with Crippen LogP contribution < -0.4 is 5.32 Å². The average Bonchev–Trinajstić information content (AvgIpc) is 2.89. The van der Waals surface area contributed by atoms with E-state index in [2.05, 4.69) is 5.32 Å². The third-order valence-corrected chi connectivity index (χ3v) is 3.53. The summed E-state index contributed by atoms with van der Waals surface area (Å²) in [6.07, 6.45) is 0. The molecule has 0 saturated heterocycles. The van der Waals surface area contributed by atoms with Gasteiger partial charge in [-0.25, -0.2) is 4.39 Å². The quantitative estimate of drug-likeness (QED) is 0.525. The molecular formula is C18H12FNO. The summed E-state index contributed by atoms with van der Waals surface area (Å²) < 4.78 is 18.9. The van der Waals surface area contributed by atoms with Gasteiger partial charge in [0.1, 0.15) is 11.4 Å². The molecule has 21 heavy (non-hydrogen) atoms. The lowest BCUT2D eigenvalue weighted by molar-refractivity contribution is 0.628. The van der Waals surface area contributed by atoms with Crippen molar-refractivity contribution in [2.24, 2.45) is 0 Å². The highest BCUT2D eigenvalue weighted by Gasteiger charge is 2.10. The molecule has 1 aromatic heterocycles. The Labute approximate surface area is 120 Å². The van der Waals surface area contributed by atoms with E-state index >= 15 is 0 Å². The number of halogens is 1. The van der Waals surface area contributed by atoms with E-state index in [0.29, 0.717) is 0 Å². The van der Waals surface area contributed by atoms with Gasteiger partial charge >= 0.3 is 0 Å². The third-order valence-electron chi connectivity index (χ3n) is 3.53. The van der Waals surface area contributed by atoms with Crippen molar-refractivity contribution >= 4 is 33.3 Å². The lowest BCUT2D eigenvalue weighted by Crippen LogP contribution is -1.90. The second-order valence-electron chi connectivity index (χ2n) is 4.91. The Morgan fingerprint density at radius 2 is 1.52 bits per heavy atom. The number of furan rings is 1. The Kier molecular flexibility index (Phi) is 2.64. The van der Waals surface area contributed by atoms with Gasteiger partial charge in [-0.3, -0.25) is 0 Å². The minimum atomic E-state index is -0.248. The predicted molar refractivity (Wildman–Crippen MR) is 83.4 cm³/mol. The molecular weight excluding hydrogens is 265 g/mol. The Hall–Kier alpha value is -2.81. The van der Waals surface area contributed by atoms with Gasteiger partial charge in [-0.1, -0.05) is 30.3 Å². The molecule has 3 aromatic carbocycles. The molecule has 0 fully saturated rings. The third kappa shape index (κ3) is 2.03. The fraction of sp³-hybridized carbons (Fsp3) is 0. The molecule has 0 atom stereocenters. The number of benzene rings is 3. The zero-order valence-electron chi connectivity index (χ0n) is 11.1. The summed E-state index contributed by atoms with van der Waals surface area (Å²) in [7, 11) is 0. The van der Waals surface area contributed by atoms with Crippen LogP contribution in [0.3, 0.4) is 0 Å². The standard InChI is InChI=1S/C18H12FNO/c19-12-8-10-13(11-9-12)20-16-6-3-5-15-14-4-1-2-7-17(14)21-18(15)16/h1-11,20H. The summed E-state index contributed by atoms with van der Waals surface area (Å²) in [5, 5.41) is 5.43. The van der Waals surface area contributed by atoms with Crippen molar-refractivity contribution in [2.75, 3.05) is 5.32 Å². The molecule has 4 aromatic rings. The van der Waals surface area contributed by atoms with Crippen LogP contribution in [0.4, 0.5) is 15.8 Å². The maximum absolute atomic E-state index is 13.0. The fourth-order valence-corrected chi connectivity index (χ4v) is 2.53. The Morgan fingerprint density at radius 3 is 2.38 bits per heavy atom. The van der Waals surface area contributed by atoms with E-state index in [1.807, 2.05) is 42.5 Å². The van der Waals surface area contributed by atoms with E-state index < -0.39 is 0 Å². The SMILES string of the molecule is Fc1ccc(Nc2cccc3c2oc2ccccc23)cc1. The summed E-state index contributed by atoms with van der Waals surface area (Å²) in [6, 6.07) is 20.2. The van der Waals surface area contributed by atoms with Crippen molar-refractivity contribution in [2.45, 2.75) is 0 Å². The van der Waals surface area contributed by atoms with Crippen LogP contribution in [0.15, 0.2) is 71.1 Å². The highest BCUT2D eigenvalue weighted by atomic mass is 19.1. The first kappa shape index (κ1) is 12.0. The van der Waals surface area contributed by atoms with Crippen LogP contribution in [-0.4, -0.2) is 0 Å². The molecule has 0 aliphatic carbocycles. The fourth-order valence-electron chi connectivity index (χ4n) is 2.53. The van der Waals surface area contributed by atoms with Gasteiger partial charge < -0.3 is 9.73 Å². The second kappa shape index (κ2) is 4.63. The van der Waals surface area contributed by atoms with E-state index in [4.69, 9.17) is 4.42 Å². The van der Waals surface area contributed by atoms with Crippen LogP contribution >= 0.6 is 0 Å². The summed E-state index contributed by atoms with van der Waals surface area (Å²) in [5.74, 6) is -0.248. The number of anilines is 2. The van der Waals surface area contributed by atoms with E-state index in [0.717, 1.165) is 33.3 Å². The van der Waals surface area contributed by atoms with E-state index in [-0.39, 0.29) is 5.82 Å². The normalized spacial score (nSPS) is 11.1. The van der Waals surface area contributed by atoms with Crippen LogP contribution in [-0.2, 0) is 0 Å². The molecule has 0 radical (unpaired) electrons. The van der Waals surface area contributed by atoms with Crippen LogP contribution in [0.5, 0.6) is 0 Å². The maximum atomic E-state index is 13.0. The van der Waals surface area contributed by atoms with Crippen molar-refractivity contribution < 1.29 is 8.81 Å². The molecule has 4 rings (SSSR count). The first-order valence-corrected chi connectivity index (χ1v) is 6.74. The van der Waals surface area contributed by atoms with Gasteiger partial charge in [-0.15, -0.1) is 0 Å². The summed E-state index contributed by atoms with van der Waals surface area (Å²) in [6.45, 7) is 0. The van der Waals surface area contributed by atoms with Crippen LogP contribution in [0, 0.1) is 5.82 Å². The Balaban J connectivity index is 1.86. The first-order chi connectivity index (χ1) is 10.3. The van der Waals surface area contributed by atoms with E-state index in [1.54, 1.807) is 12.1 Å². The lowest BCUT2D eigenvalue weighted by Gasteiger charge is -2.06. The number of fused-ring (bicyclic) bond motifs is 3. The highest BCUT2D eigenvalue weighted by molar-refractivity contribution is 6.09. The van der Waals surface area contributed by atoms with E-state index in [1.165, 1.54) is 12.1 Å². The van der Waals surface area contributed by atoms with E-state index in [9.17, 15) is 4.39 Å². The van der Waals surface area contributed by atoms with Gasteiger partial charge in [0.2, 0.25) is 0 Å². The van der Waals surface area contributed by atoms with Crippen LogP contribution in [0.25, 0.3) is 21.9 Å². The van der Waals surface area contributed by atoms with Gasteiger partial charge in [0.15, 0.2) is 5.58 Å². The minimum absolute atomic E-state index is 0.248. The number of rotatable bonds is 2. The minimum Gasteiger partial charge on any atom is -0.454 e. The van der Waals surface area contributed by atoms with Gasteiger partial charge in [0.05, 0.1) is 5.69 Å². The van der Waals surface area contributed by atoms with Gasteiger partial charge in [0, 0.05) is 16.5 Å². The molecule has 1 N–H and O–H groups in total. The van der Waals surface area contributed by atoms with Crippen molar-refractivity contribution in [1.82, 2.24) is 0 Å². The van der Waals surface area contributed by atoms with Crippen molar-refractivity contribution in [3.05, 3.63) is 72.5 Å². The number of para-hydroxylation sites is 2. The van der Waals surface area contributed by atoms with Crippen LogP contribution in [0.1, 0.15) is 0 Å². The summed E-state index contributed by atoms with van der Waals surface area (Å²) in [4.78, 5) is 0. The maximum Gasteiger partial charge on any atom is 0.158 e. The molecule has 0 saturated carbocycles. The average molecular weight is 277 g/mol. The second-order valence-corrected chi connectivity index (χ2v) is 4.91. The molecule has 2 nitrogen and oxygen atoms in total. The molecule has 3 heteroatoms. The van der Waals surface area contributed by atoms with Gasteiger partial charge in [-0.2, -0.15) is 0 Å². The summed E-state index contributed by atoms with van der Waals surface area (Å²) in [5.41, 5.74) is 3.36. The monoisotopic (exact) mass is 277 g/mol. The zero-order chi connectivity index (χ0) is 14.2. The van der Waals surface area contributed by atoms with Gasteiger partial charge in [-0.05, 0) is 36.4 Å². The smallest absolute Gasteiger partial charge is 0.158 e.